The molecule has 3 rings (SSSR count). The molecule has 1 heterocycles. The number of imide groups is 1. The fourth-order valence-electron chi connectivity index (χ4n) is 2.39. The van der Waals surface area contributed by atoms with Crippen LogP contribution >= 0.6 is 0 Å². The second-order valence-electron chi connectivity index (χ2n) is 6.11. The Hall–Kier alpha value is -2.90. The molecule has 132 valence electrons. The molecular formula is C17H20FN5O2. The summed E-state index contributed by atoms with van der Waals surface area (Å²) in [5, 5.41) is 12.2. The molecule has 1 aromatic heterocycles. The van der Waals surface area contributed by atoms with Gasteiger partial charge in [-0.3, -0.25) is 10.1 Å². The quantitative estimate of drug-likeness (QED) is 0.774. The zero-order valence-corrected chi connectivity index (χ0v) is 14.0. The van der Waals surface area contributed by atoms with E-state index in [1.165, 1.54) is 16.9 Å². The molecule has 1 aromatic carbocycles. The fraction of sp³-hybridized carbons (Fsp3) is 0.353. The Morgan fingerprint density at radius 3 is 2.72 bits per heavy atom. The molecule has 0 aliphatic heterocycles. The summed E-state index contributed by atoms with van der Waals surface area (Å²) < 4.78 is 15.4. The van der Waals surface area contributed by atoms with Gasteiger partial charge in [-0.05, 0) is 38.8 Å². The maximum Gasteiger partial charge on any atom is 0.321 e. The van der Waals surface area contributed by atoms with Crippen LogP contribution in [-0.4, -0.2) is 33.8 Å². The number of carbonyl (C=O) groups excluding carboxylic acids is 2. The number of hydrogen-bond donors (Lipinski definition) is 3. The molecule has 1 aliphatic rings. The number of benzene rings is 1. The molecule has 1 saturated carbocycles. The van der Waals surface area contributed by atoms with E-state index in [-0.39, 0.29) is 11.9 Å². The topological polar surface area (TPSA) is 88.1 Å². The molecule has 3 N–H and O–H groups in total. The largest absolute Gasteiger partial charge is 0.371 e. The lowest BCUT2D eigenvalue weighted by Gasteiger charge is -2.15. The predicted molar refractivity (Wildman–Crippen MR) is 91.0 cm³/mol. The number of carbonyl (C=O) groups is 2. The van der Waals surface area contributed by atoms with Gasteiger partial charge in [0.2, 0.25) is 5.91 Å². The van der Waals surface area contributed by atoms with Gasteiger partial charge < -0.3 is 10.6 Å². The molecule has 1 fully saturated rings. The molecular weight excluding hydrogens is 325 g/mol. The van der Waals surface area contributed by atoms with Crippen LogP contribution in [0.15, 0.2) is 30.5 Å². The number of halogens is 1. The van der Waals surface area contributed by atoms with E-state index >= 15 is 0 Å². The minimum Gasteiger partial charge on any atom is -0.371 e. The van der Waals surface area contributed by atoms with Crippen LogP contribution < -0.4 is 16.0 Å². The van der Waals surface area contributed by atoms with Gasteiger partial charge >= 0.3 is 6.03 Å². The van der Waals surface area contributed by atoms with Crippen molar-refractivity contribution in [3.8, 4) is 5.69 Å². The fourth-order valence-corrected chi connectivity index (χ4v) is 2.39. The van der Waals surface area contributed by atoms with Gasteiger partial charge in [0.25, 0.3) is 0 Å². The van der Waals surface area contributed by atoms with Gasteiger partial charge in [0.1, 0.15) is 17.5 Å². The predicted octanol–water partition coefficient (Wildman–Crippen LogP) is 2.11. The molecule has 0 unspecified atom stereocenters. The summed E-state index contributed by atoms with van der Waals surface area (Å²) in [6.07, 6.45) is 3.42. The van der Waals surface area contributed by atoms with Crippen LogP contribution in [0.3, 0.4) is 0 Å². The van der Waals surface area contributed by atoms with Crippen molar-refractivity contribution in [2.24, 2.45) is 0 Å². The lowest BCUT2D eigenvalue weighted by atomic mass is 10.2. The third kappa shape index (κ3) is 3.96. The zero-order valence-electron chi connectivity index (χ0n) is 14.0. The summed E-state index contributed by atoms with van der Waals surface area (Å²) in [4.78, 5) is 23.7. The maximum atomic E-state index is 13.9. The highest BCUT2D eigenvalue weighted by Gasteiger charge is 2.25. The van der Waals surface area contributed by atoms with E-state index in [0.29, 0.717) is 17.1 Å². The van der Waals surface area contributed by atoms with Gasteiger partial charge in [-0.2, -0.15) is 5.10 Å². The van der Waals surface area contributed by atoms with E-state index in [1.54, 1.807) is 32.0 Å². The van der Waals surface area contributed by atoms with Gasteiger partial charge in [-0.1, -0.05) is 12.1 Å². The molecule has 7 nitrogen and oxygen atoms in total. The molecule has 0 radical (unpaired) electrons. The van der Waals surface area contributed by atoms with E-state index < -0.39 is 18.0 Å². The molecule has 0 saturated heterocycles. The van der Waals surface area contributed by atoms with Crippen molar-refractivity contribution in [1.82, 2.24) is 20.4 Å². The lowest BCUT2D eigenvalue weighted by Crippen LogP contribution is -2.46. The Morgan fingerprint density at radius 1 is 1.32 bits per heavy atom. The number of nitrogens with one attached hydrogen (secondary N) is 3. The summed E-state index contributed by atoms with van der Waals surface area (Å²) in [5.74, 6) is -0.834. The first kappa shape index (κ1) is 16.9. The minimum atomic E-state index is -0.651. The van der Waals surface area contributed by atoms with Crippen LogP contribution in [0.1, 0.15) is 25.5 Å². The first-order valence-corrected chi connectivity index (χ1v) is 8.13. The van der Waals surface area contributed by atoms with E-state index in [4.69, 9.17) is 0 Å². The van der Waals surface area contributed by atoms with Gasteiger partial charge in [0.05, 0.1) is 17.6 Å². The first-order chi connectivity index (χ1) is 12.0. The highest BCUT2D eigenvalue weighted by molar-refractivity contribution is 5.98. The van der Waals surface area contributed by atoms with Crippen molar-refractivity contribution in [3.63, 3.8) is 0 Å². The van der Waals surface area contributed by atoms with Crippen molar-refractivity contribution >= 4 is 17.6 Å². The number of urea groups is 1. The van der Waals surface area contributed by atoms with E-state index in [9.17, 15) is 14.0 Å². The second kappa shape index (κ2) is 6.92. The maximum absolute atomic E-state index is 13.9. The monoisotopic (exact) mass is 345 g/mol. The van der Waals surface area contributed by atoms with E-state index in [2.05, 4.69) is 21.0 Å². The normalized spacial score (nSPS) is 14.7. The van der Waals surface area contributed by atoms with Crippen LogP contribution in [0.2, 0.25) is 0 Å². The standard InChI is InChI=1S/C17H20FN5O2/c1-10(16(24)22-17(25)21-12-7-8-12)20-14-9-19-23(11(14)2)15-6-4-3-5-13(15)18/h3-6,9-10,12,20H,7-8H2,1-2H3,(H2,21,22,24,25)/t10-/m1/s1. The van der Waals surface area contributed by atoms with Crippen molar-refractivity contribution in [3.05, 3.63) is 42.0 Å². The van der Waals surface area contributed by atoms with Gasteiger partial charge in [-0.25, -0.2) is 13.9 Å². The Bertz CT molecular complexity index is 800. The number of nitrogens with zero attached hydrogens (tertiary/aromatic N) is 2. The Labute approximate surface area is 144 Å². The molecule has 0 bridgehead atoms. The highest BCUT2D eigenvalue weighted by Crippen LogP contribution is 2.21. The average Bonchev–Trinajstić information content (AvgIpc) is 3.31. The van der Waals surface area contributed by atoms with Crippen LogP contribution in [0.4, 0.5) is 14.9 Å². The summed E-state index contributed by atoms with van der Waals surface area (Å²) in [6, 6.07) is 5.35. The number of hydrogen-bond acceptors (Lipinski definition) is 4. The molecule has 25 heavy (non-hydrogen) atoms. The van der Waals surface area contributed by atoms with Crippen molar-refractivity contribution < 1.29 is 14.0 Å². The van der Waals surface area contributed by atoms with Crippen LogP contribution in [-0.2, 0) is 4.79 Å². The SMILES string of the molecule is Cc1c(N[C@H](C)C(=O)NC(=O)NC2CC2)cnn1-c1ccccc1F. The van der Waals surface area contributed by atoms with Gasteiger partial charge in [0, 0.05) is 6.04 Å². The molecule has 8 heteroatoms. The number of anilines is 1. The molecule has 1 aliphatic carbocycles. The molecule has 2 aromatic rings. The van der Waals surface area contributed by atoms with Crippen LogP contribution in [0, 0.1) is 12.7 Å². The zero-order chi connectivity index (χ0) is 18.0. The second-order valence-corrected chi connectivity index (χ2v) is 6.11. The lowest BCUT2D eigenvalue weighted by molar-refractivity contribution is -0.120. The Balaban J connectivity index is 1.65. The van der Waals surface area contributed by atoms with E-state index in [1.807, 2.05) is 0 Å². The summed E-state index contributed by atoms with van der Waals surface area (Å²) in [6.45, 7) is 3.41. The summed E-state index contributed by atoms with van der Waals surface area (Å²) in [7, 11) is 0. The van der Waals surface area contributed by atoms with Crippen molar-refractivity contribution in [2.45, 2.75) is 38.8 Å². The van der Waals surface area contributed by atoms with Crippen LogP contribution in [0.25, 0.3) is 5.69 Å². The number of amides is 3. The minimum absolute atomic E-state index is 0.178. The summed E-state index contributed by atoms with van der Waals surface area (Å²) in [5.41, 5.74) is 1.58. The summed E-state index contributed by atoms with van der Waals surface area (Å²) >= 11 is 0. The van der Waals surface area contributed by atoms with Gasteiger partial charge in [0.15, 0.2) is 0 Å². The first-order valence-electron chi connectivity index (χ1n) is 8.13. The van der Waals surface area contributed by atoms with Crippen LogP contribution in [0.5, 0.6) is 0 Å². The third-order valence-electron chi connectivity index (χ3n) is 4.01. The number of rotatable bonds is 5. The average molecular weight is 345 g/mol. The van der Waals surface area contributed by atoms with Crippen molar-refractivity contribution in [1.29, 1.82) is 0 Å². The molecule has 0 spiro atoms. The van der Waals surface area contributed by atoms with Gasteiger partial charge in [-0.15, -0.1) is 0 Å². The van der Waals surface area contributed by atoms with Crippen molar-refractivity contribution in [2.75, 3.05) is 5.32 Å². The number of aromatic nitrogens is 2. The Morgan fingerprint density at radius 2 is 2.04 bits per heavy atom. The highest BCUT2D eigenvalue weighted by atomic mass is 19.1. The smallest absolute Gasteiger partial charge is 0.321 e. The molecule has 3 amide bonds. The number of para-hydroxylation sites is 1. The third-order valence-corrected chi connectivity index (χ3v) is 4.01. The Kier molecular flexibility index (Phi) is 4.69. The van der Waals surface area contributed by atoms with E-state index in [0.717, 1.165) is 12.8 Å². The molecule has 1 atom stereocenters.